The van der Waals surface area contributed by atoms with Crippen molar-refractivity contribution in [2.24, 2.45) is 0 Å². The zero-order chi connectivity index (χ0) is 33.8. The number of aromatic nitrogens is 2. The van der Waals surface area contributed by atoms with Gasteiger partial charge in [0, 0.05) is 31.7 Å². The van der Waals surface area contributed by atoms with Crippen LogP contribution in [0.2, 0.25) is 0 Å². The summed E-state index contributed by atoms with van der Waals surface area (Å²) in [5.74, 6) is 0.685. The van der Waals surface area contributed by atoms with Gasteiger partial charge in [-0.05, 0) is 74.5 Å². The number of nitrogens with zero attached hydrogens (tertiary/aromatic N) is 3. The third kappa shape index (κ3) is 4.90. The molecule has 7 aromatic carbocycles. The van der Waals surface area contributed by atoms with Gasteiger partial charge in [0.15, 0.2) is 5.82 Å². The minimum atomic E-state index is -0.395. The van der Waals surface area contributed by atoms with E-state index in [0.717, 1.165) is 54.9 Å². The first-order valence-electron chi connectivity index (χ1n) is 16.8. The molecule has 0 saturated heterocycles. The van der Waals surface area contributed by atoms with Gasteiger partial charge in [-0.3, -0.25) is 0 Å². The van der Waals surface area contributed by atoms with E-state index in [1.807, 2.05) is 18.2 Å². The molecule has 0 amide bonds. The van der Waals surface area contributed by atoms with E-state index in [-0.39, 0.29) is 0 Å². The summed E-state index contributed by atoms with van der Waals surface area (Å²) in [7, 11) is 0. The largest absolute Gasteiger partial charge is 0.228 e. The molecule has 0 fully saturated rings. The first-order valence-corrected chi connectivity index (χ1v) is 17.6. The van der Waals surface area contributed by atoms with Gasteiger partial charge < -0.3 is 0 Å². The molecule has 0 N–H and O–H groups in total. The van der Waals surface area contributed by atoms with E-state index in [4.69, 9.17) is 9.97 Å². The molecular weight excluding hydrogens is 627 g/mol. The second-order valence-corrected chi connectivity index (χ2v) is 14.4. The highest BCUT2D eigenvalue weighted by Gasteiger charge is 2.37. The topological polar surface area (TPSA) is 49.6 Å². The summed E-state index contributed by atoms with van der Waals surface area (Å²) in [4.78, 5) is 12.8. The van der Waals surface area contributed by atoms with Crippen LogP contribution in [0.1, 0.15) is 30.5 Å². The molecule has 0 unspecified atom stereocenters. The van der Waals surface area contributed by atoms with Crippen LogP contribution in [0, 0.1) is 11.3 Å². The number of rotatable bonds is 4. The Balaban J connectivity index is 1.18. The summed E-state index contributed by atoms with van der Waals surface area (Å²) in [6.45, 7) is 4.48. The monoisotopic (exact) mass is 657 g/mol. The average Bonchev–Trinajstić information content (AvgIpc) is 3.17. The maximum Gasteiger partial charge on any atom is 0.161 e. The zero-order valence-electron chi connectivity index (χ0n) is 27.7. The molecule has 0 radical (unpaired) electrons. The van der Waals surface area contributed by atoms with E-state index < -0.39 is 5.41 Å². The second-order valence-electron chi connectivity index (χ2n) is 13.3. The second kappa shape index (κ2) is 11.8. The van der Waals surface area contributed by atoms with Gasteiger partial charge in [0.05, 0.1) is 22.8 Å². The Hall–Kier alpha value is -6.02. The molecule has 9 rings (SSSR count). The van der Waals surface area contributed by atoms with E-state index in [1.54, 1.807) is 11.8 Å². The zero-order valence-corrected chi connectivity index (χ0v) is 28.5. The number of fused-ring (bicyclic) bond motifs is 4. The summed E-state index contributed by atoms with van der Waals surface area (Å²) in [6.07, 6.45) is 0. The van der Waals surface area contributed by atoms with Crippen LogP contribution in [-0.4, -0.2) is 9.97 Å². The summed E-state index contributed by atoms with van der Waals surface area (Å²) in [5, 5.41) is 13.6. The maximum atomic E-state index is 10.1. The van der Waals surface area contributed by atoms with Gasteiger partial charge in [-0.1, -0.05) is 147 Å². The number of hydrogen-bond acceptors (Lipinski definition) is 4. The molecule has 2 heterocycles. The third-order valence-corrected chi connectivity index (χ3v) is 11.1. The van der Waals surface area contributed by atoms with Crippen molar-refractivity contribution >= 4 is 33.4 Å². The number of hydrogen-bond donors (Lipinski definition) is 0. The molecule has 0 atom stereocenters. The average molecular weight is 658 g/mol. The van der Waals surface area contributed by atoms with Crippen molar-refractivity contribution in [3.8, 4) is 51.0 Å². The smallest absolute Gasteiger partial charge is 0.161 e. The summed E-state index contributed by atoms with van der Waals surface area (Å²) in [5.41, 5.74) is 11.0. The first kappa shape index (κ1) is 30.1. The molecule has 1 aromatic heterocycles. The van der Waals surface area contributed by atoms with Crippen molar-refractivity contribution in [1.82, 2.24) is 9.97 Å². The lowest BCUT2D eigenvalue weighted by molar-refractivity contribution is 0.607. The highest BCUT2D eigenvalue weighted by atomic mass is 32.2. The van der Waals surface area contributed by atoms with Crippen LogP contribution >= 0.6 is 11.8 Å². The van der Waals surface area contributed by atoms with E-state index in [2.05, 4.69) is 153 Å². The molecule has 0 aliphatic carbocycles. The lowest BCUT2D eigenvalue weighted by Gasteiger charge is -2.37. The Bertz CT molecular complexity index is 2670. The molecule has 236 valence electrons. The van der Waals surface area contributed by atoms with E-state index in [1.165, 1.54) is 32.4 Å². The lowest BCUT2D eigenvalue weighted by Crippen LogP contribution is -2.26. The van der Waals surface area contributed by atoms with Gasteiger partial charge in [-0.25, -0.2) is 9.97 Å². The minimum absolute atomic E-state index is 0.395. The molecular formula is C46H31N3S. The van der Waals surface area contributed by atoms with Crippen molar-refractivity contribution in [2.75, 3.05) is 0 Å². The minimum Gasteiger partial charge on any atom is -0.228 e. The predicted molar refractivity (Wildman–Crippen MR) is 206 cm³/mol. The standard InChI is InChI=1S/C46H31N3S/c1-46(2)42-34(28-47)13-9-19-40(42)50-41-20-10-17-36(43(41)46)35-14-5-6-15-37(35)45-48-39-18-8-7-16-38(39)44(49-45)31-24-21-30(22-25-31)33-26-23-29-11-3-4-12-32(29)27-33/h3-27H,1-2H3. The van der Waals surface area contributed by atoms with Crippen LogP contribution in [0.25, 0.3) is 66.6 Å². The Morgan fingerprint density at radius 1 is 0.540 bits per heavy atom. The van der Waals surface area contributed by atoms with E-state index in [0.29, 0.717) is 5.82 Å². The summed E-state index contributed by atoms with van der Waals surface area (Å²) in [6, 6.07) is 55.6. The van der Waals surface area contributed by atoms with Crippen LogP contribution in [-0.2, 0) is 5.41 Å². The van der Waals surface area contributed by atoms with Crippen molar-refractivity contribution in [3.63, 3.8) is 0 Å². The molecule has 0 spiro atoms. The summed E-state index contributed by atoms with van der Waals surface area (Å²) < 4.78 is 0. The van der Waals surface area contributed by atoms with Crippen molar-refractivity contribution < 1.29 is 0 Å². The van der Waals surface area contributed by atoms with Gasteiger partial charge in [-0.15, -0.1) is 0 Å². The molecule has 0 bridgehead atoms. The Labute approximate surface area is 295 Å². The highest BCUT2D eigenvalue weighted by molar-refractivity contribution is 7.99. The lowest BCUT2D eigenvalue weighted by atomic mass is 9.72. The van der Waals surface area contributed by atoms with Crippen LogP contribution in [0.5, 0.6) is 0 Å². The van der Waals surface area contributed by atoms with Crippen molar-refractivity contribution in [2.45, 2.75) is 29.1 Å². The number of nitriles is 1. The van der Waals surface area contributed by atoms with E-state index >= 15 is 0 Å². The third-order valence-electron chi connectivity index (χ3n) is 9.95. The first-order chi connectivity index (χ1) is 24.5. The van der Waals surface area contributed by atoms with Crippen molar-refractivity contribution in [1.29, 1.82) is 5.26 Å². The van der Waals surface area contributed by atoms with Crippen molar-refractivity contribution in [3.05, 3.63) is 168 Å². The van der Waals surface area contributed by atoms with Gasteiger partial charge >= 0.3 is 0 Å². The quantitative estimate of drug-likeness (QED) is 0.189. The van der Waals surface area contributed by atoms with Gasteiger partial charge in [0.2, 0.25) is 0 Å². The molecule has 3 nitrogen and oxygen atoms in total. The SMILES string of the molecule is CC1(C)c2c(C#N)cccc2Sc2cccc(-c3ccccc3-c3nc(-c4ccc(-c5ccc6ccccc6c5)cc4)c4ccccc4n3)c21. The fourth-order valence-electron chi connectivity index (χ4n) is 7.60. The predicted octanol–water partition coefficient (Wildman–Crippen LogP) is 12.1. The molecule has 8 aromatic rings. The molecule has 1 aliphatic heterocycles. The van der Waals surface area contributed by atoms with E-state index in [9.17, 15) is 5.26 Å². The van der Waals surface area contributed by atoms with Crippen LogP contribution in [0.15, 0.2) is 161 Å². The van der Waals surface area contributed by atoms with Gasteiger partial charge in [0.25, 0.3) is 0 Å². The highest BCUT2D eigenvalue weighted by Crippen LogP contribution is 2.53. The molecule has 4 heteroatoms. The molecule has 0 saturated carbocycles. The van der Waals surface area contributed by atoms with Gasteiger partial charge in [-0.2, -0.15) is 5.26 Å². The Morgan fingerprint density at radius 2 is 1.18 bits per heavy atom. The van der Waals surface area contributed by atoms with Gasteiger partial charge in [0.1, 0.15) is 0 Å². The number of para-hydroxylation sites is 1. The summed E-state index contributed by atoms with van der Waals surface area (Å²) >= 11 is 1.74. The molecule has 50 heavy (non-hydrogen) atoms. The fraction of sp³-hybridized carbons (Fsp3) is 0.0652. The van der Waals surface area contributed by atoms with Crippen LogP contribution in [0.3, 0.4) is 0 Å². The fourth-order valence-corrected chi connectivity index (χ4v) is 9.07. The maximum absolute atomic E-state index is 10.1. The van der Waals surface area contributed by atoms with Crippen LogP contribution < -0.4 is 0 Å². The Morgan fingerprint density at radius 3 is 2.00 bits per heavy atom. The Kier molecular flexibility index (Phi) is 7.12. The number of benzene rings is 7. The van der Waals surface area contributed by atoms with Crippen LogP contribution in [0.4, 0.5) is 0 Å². The normalized spacial score (nSPS) is 13.1. The molecule has 1 aliphatic rings.